The van der Waals surface area contributed by atoms with Crippen molar-refractivity contribution < 1.29 is 17.9 Å². The number of aromatic nitrogens is 3. The molecule has 142 valence electrons. The van der Waals surface area contributed by atoms with Crippen LogP contribution in [0.5, 0.6) is 0 Å². The minimum Gasteiger partial charge on any atom is -0.383 e. The van der Waals surface area contributed by atoms with Crippen molar-refractivity contribution in [2.24, 2.45) is 0 Å². The molecule has 0 unspecified atom stereocenters. The van der Waals surface area contributed by atoms with Gasteiger partial charge in [0.2, 0.25) is 0 Å². The van der Waals surface area contributed by atoms with Crippen LogP contribution in [0.3, 0.4) is 0 Å². The Morgan fingerprint density at radius 1 is 1.50 bits per heavy atom. The maximum absolute atomic E-state index is 12.8. The summed E-state index contributed by atoms with van der Waals surface area (Å²) in [4.78, 5) is 12.0. The first kappa shape index (κ1) is 19.0. The zero-order valence-electron chi connectivity index (χ0n) is 14.4. The molecule has 3 heterocycles. The highest BCUT2D eigenvalue weighted by Crippen LogP contribution is 2.29. The molecule has 1 N–H and O–H groups in total. The molecule has 0 spiro atoms. The summed E-state index contributed by atoms with van der Waals surface area (Å²) in [5.41, 5.74) is 0.201. The fourth-order valence-corrected chi connectivity index (χ4v) is 5.70. The lowest BCUT2D eigenvalue weighted by molar-refractivity contribution is 0.0932. The largest absolute Gasteiger partial charge is 0.383 e. The highest BCUT2D eigenvalue weighted by atomic mass is 32.2. The molecule has 2 aromatic heterocycles. The maximum atomic E-state index is 12.8. The summed E-state index contributed by atoms with van der Waals surface area (Å²) in [6.45, 7) is 1.65. The molecule has 0 radical (unpaired) electrons. The van der Waals surface area contributed by atoms with Crippen LogP contribution < -0.4 is 5.32 Å². The summed E-state index contributed by atoms with van der Waals surface area (Å²) in [5, 5.41) is 12.3. The number of carbonyl (C=O) groups excluding carboxylic acids is 1. The highest BCUT2D eigenvalue weighted by Gasteiger charge is 2.36. The van der Waals surface area contributed by atoms with E-state index in [1.165, 1.54) is 26.5 Å². The first-order valence-corrected chi connectivity index (χ1v) is 10.6. The number of sulfonamides is 1. The minimum absolute atomic E-state index is 0.201. The van der Waals surface area contributed by atoms with E-state index in [1.54, 1.807) is 24.6 Å². The van der Waals surface area contributed by atoms with Crippen LogP contribution in [0.15, 0.2) is 27.9 Å². The Kier molecular flexibility index (Phi) is 6.01. The molecule has 2 aromatic rings. The third-order valence-corrected chi connectivity index (χ3v) is 7.47. The van der Waals surface area contributed by atoms with Gasteiger partial charge in [0.05, 0.1) is 19.3 Å². The molecule has 1 aliphatic rings. The van der Waals surface area contributed by atoms with E-state index in [4.69, 9.17) is 4.74 Å². The highest BCUT2D eigenvalue weighted by molar-refractivity contribution is 7.91. The van der Waals surface area contributed by atoms with Crippen molar-refractivity contribution in [1.29, 1.82) is 0 Å². The van der Waals surface area contributed by atoms with Crippen LogP contribution in [0.25, 0.3) is 0 Å². The fraction of sp³-hybridized carbons (Fsp3) is 0.533. The molecule has 1 saturated heterocycles. The molecule has 1 fully saturated rings. The van der Waals surface area contributed by atoms with Gasteiger partial charge in [-0.2, -0.15) is 4.31 Å². The van der Waals surface area contributed by atoms with E-state index >= 15 is 0 Å². The standard InChI is InChI=1S/C15H21N5O4S2/c1-24-8-6-16-15(21)13-11-19(18-17-13)10-12-4-2-7-20(12)26(22,23)14-5-3-9-25-14/h3,5,9,11-12H,2,4,6-8,10H2,1H3,(H,16,21)/t12-/m0/s1. The second-order valence-electron chi connectivity index (χ2n) is 5.92. The normalized spacial score (nSPS) is 18.3. The number of methoxy groups -OCH3 is 1. The molecule has 1 amide bonds. The molecule has 9 nitrogen and oxygen atoms in total. The fourth-order valence-electron chi connectivity index (χ4n) is 2.90. The first-order valence-electron chi connectivity index (χ1n) is 8.25. The van der Waals surface area contributed by atoms with Crippen molar-refractivity contribution in [3.63, 3.8) is 0 Å². The predicted octanol–water partition coefficient (Wildman–Crippen LogP) is 0.569. The molecule has 0 aliphatic carbocycles. The average molecular weight is 399 g/mol. The molecular formula is C15H21N5O4S2. The first-order chi connectivity index (χ1) is 12.5. The van der Waals surface area contributed by atoms with Gasteiger partial charge in [0, 0.05) is 26.2 Å². The molecule has 0 bridgehead atoms. The lowest BCUT2D eigenvalue weighted by Gasteiger charge is -2.23. The van der Waals surface area contributed by atoms with Crippen LogP contribution >= 0.6 is 11.3 Å². The third kappa shape index (κ3) is 4.11. The molecule has 1 aliphatic heterocycles. The van der Waals surface area contributed by atoms with Gasteiger partial charge in [-0.1, -0.05) is 11.3 Å². The van der Waals surface area contributed by atoms with Crippen LogP contribution in [-0.2, 0) is 21.3 Å². The number of ether oxygens (including phenoxy) is 1. The van der Waals surface area contributed by atoms with Gasteiger partial charge < -0.3 is 10.1 Å². The Labute approximate surface area is 156 Å². The average Bonchev–Trinajstić information content (AvgIpc) is 3.37. The number of nitrogens with one attached hydrogen (secondary N) is 1. The van der Waals surface area contributed by atoms with E-state index in [9.17, 15) is 13.2 Å². The van der Waals surface area contributed by atoms with Gasteiger partial charge in [0.15, 0.2) is 5.69 Å². The van der Waals surface area contributed by atoms with Crippen molar-refractivity contribution in [2.45, 2.75) is 29.6 Å². The molecule has 11 heteroatoms. The van der Waals surface area contributed by atoms with Gasteiger partial charge >= 0.3 is 0 Å². The number of hydrogen-bond acceptors (Lipinski definition) is 7. The van der Waals surface area contributed by atoms with Gasteiger partial charge in [-0.15, -0.1) is 16.4 Å². The van der Waals surface area contributed by atoms with Crippen LogP contribution in [-0.4, -0.2) is 66.5 Å². The Morgan fingerprint density at radius 3 is 3.08 bits per heavy atom. The SMILES string of the molecule is COCCNC(=O)c1cn(C[C@@H]2CCCN2S(=O)(=O)c2cccs2)nn1. The number of amides is 1. The van der Waals surface area contributed by atoms with E-state index < -0.39 is 10.0 Å². The number of thiophene rings is 1. The van der Waals surface area contributed by atoms with E-state index in [-0.39, 0.29) is 17.6 Å². The molecule has 0 aromatic carbocycles. The summed E-state index contributed by atoms with van der Waals surface area (Å²) in [7, 11) is -1.94. The molecule has 0 saturated carbocycles. The summed E-state index contributed by atoms with van der Waals surface area (Å²) in [6, 6.07) is 3.15. The van der Waals surface area contributed by atoms with Gasteiger partial charge in [0.25, 0.3) is 15.9 Å². The van der Waals surface area contributed by atoms with Crippen LogP contribution in [0.4, 0.5) is 0 Å². The maximum Gasteiger partial charge on any atom is 0.273 e. The van der Waals surface area contributed by atoms with Crippen molar-refractivity contribution in [3.8, 4) is 0 Å². The van der Waals surface area contributed by atoms with Crippen molar-refractivity contribution in [1.82, 2.24) is 24.6 Å². The molecule has 3 rings (SSSR count). The smallest absolute Gasteiger partial charge is 0.273 e. The predicted molar refractivity (Wildman–Crippen MR) is 95.5 cm³/mol. The summed E-state index contributed by atoms with van der Waals surface area (Å²) in [5.74, 6) is -0.331. The van der Waals surface area contributed by atoms with E-state index in [1.807, 2.05) is 0 Å². The second-order valence-corrected chi connectivity index (χ2v) is 8.98. The third-order valence-electron chi connectivity index (χ3n) is 4.14. The van der Waals surface area contributed by atoms with E-state index in [0.29, 0.717) is 30.5 Å². The number of carbonyl (C=O) groups is 1. The molecular weight excluding hydrogens is 378 g/mol. The van der Waals surface area contributed by atoms with Crippen LogP contribution in [0.2, 0.25) is 0 Å². The van der Waals surface area contributed by atoms with Crippen molar-refractivity contribution in [3.05, 3.63) is 29.4 Å². The summed E-state index contributed by atoms with van der Waals surface area (Å²) < 4.78 is 33.8. The number of rotatable bonds is 8. The Balaban J connectivity index is 1.66. The lowest BCUT2D eigenvalue weighted by atomic mass is 10.2. The number of hydrogen-bond donors (Lipinski definition) is 1. The van der Waals surface area contributed by atoms with Gasteiger partial charge in [-0.05, 0) is 24.3 Å². The van der Waals surface area contributed by atoms with Crippen LogP contribution in [0, 0.1) is 0 Å². The van der Waals surface area contributed by atoms with Gasteiger partial charge in [-0.25, -0.2) is 8.42 Å². The second kappa shape index (κ2) is 8.25. The molecule has 1 atom stereocenters. The van der Waals surface area contributed by atoms with Gasteiger partial charge in [-0.3, -0.25) is 9.48 Å². The minimum atomic E-state index is -3.49. The zero-order chi connectivity index (χ0) is 18.6. The topological polar surface area (TPSA) is 106 Å². The Bertz CT molecular complexity index is 834. The van der Waals surface area contributed by atoms with Crippen molar-refractivity contribution in [2.75, 3.05) is 26.8 Å². The summed E-state index contributed by atoms with van der Waals surface area (Å²) in [6.07, 6.45) is 3.09. The Hall–Kier alpha value is -1.82. The number of nitrogens with zero attached hydrogens (tertiary/aromatic N) is 4. The van der Waals surface area contributed by atoms with E-state index in [2.05, 4.69) is 15.6 Å². The monoisotopic (exact) mass is 399 g/mol. The van der Waals surface area contributed by atoms with Crippen molar-refractivity contribution >= 4 is 27.3 Å². The van der Waals surface area contributed by atoms with E-state index in [0.717, 1.165) is 12.8 Å². The quantitative estimate of drug-likeness (QED) is 0.651. The zero-order valence-corrected chi connectivity index (χ0v) is 16.0. The molecule has 26 heavy (non-hydrogen) atoms. The van der Waals surface area contributed by atoms with Gasteiger partial charge in [0.1, 0.15) is 4.21 Å². The summed E-state index contributed by atoms with van der Waals surface area (Å²) >= 11 is 1.21. The van der Waals surface area contributed by atoms with Crippen LogP contribution in [0.1, 0.15) is 23.3 Å². The lowest BCUT2D eigenvalue weighted by Crippen LogP contribution is -2.37. The Morgan fingerprint density at radius 2 is 2.35 bits per heavy atom.